The SMILES string of the molecule is CC1(C)OC[C@@H](COC(=O)CCc2ccc(OC[C@@H](O)CN3CCOCC3)cc2)O1. The molecule has 1 aromatic rings. The minimum atomic E-state index is -0.612. The third-order valence-corrected chi connectivity index (χ3v) is 5.05. The quantitative estimate of drug-likeness (QED) is 0.565. The van der Waals surface area contributed by atoms with Crippen LogP contribution in [0.25, 0.3) is 0 Å². The van der Waals surface area contributed by atoms with Gasteiger partial charge in [0.2, 0.25) is 0 Å². The van der Waals surface area contributed by atoms with Crippen molar-refractivity contribution in [2.75, 3.05) is 52.7 Å². The van der Waals surface area contributed by atoms with Crippen LogP contribution in [0.2, 0.25) is 0 Å². The van der Waals surface area contributed by atoms with Crippen LogP contribution in [0.4, 0.5) is 0 Å². The lowest BCUT2D eigenvalue weighted by atomic mass is 10.1. The maximum Gasteiger partial charge on any atom is 0.306 e. The van der Waals surface area contributed by atoms with Crippen molar-refractivity contribution in [2.24, 2.45) is 0 Å². The molecule has 2 aliphatic heterocycles. The highest BCUT2D eigenvalue weighted by Gasteiger charge is 2.33. The number of ether oxygens (including phenoxy) is 5. The second-order valence-electron chi connectivity index (χ2n) is 8.16. The molecule has 0 bridgehead atoms. The highest BCUT2D eigenvalue weighted by atomic mass is 16.7. The van der Waals surface area contributed by atoms with Gasteiger partial charge < -0.3 is 28.8 Å². The van der Waals surface area contributed by atoms with Gasteiger partial charge in [0.1, 0.15) is 31.2 Å². The number of aliphatic hydroxyl groups excluding tert-OH is 1. The molecule has 2 heterocycles. The number of β-amino-alcohol motifs (C(OH)–C–C–N with tert-alkyl or cyclic N) is 1. The van der Waals surface area contributed by atoms with Crippen molar-refractivity contribution in [2.45, 2.75) is 44.7 Å². The van der Waals surface area contributed by atoms with Crippen molar-refractivity contribution in [3.63, 3.8) is 0 Å². The summed E-state index contributed by atoms with van der Waals surface area (Å²) < 4.78 is 27.3. The molecule has 168 valence electrons. The van der Waals surface area contributed by atoms with E-state index in [1.165, 1.54) is 0 Å². The molecule has 0 amide bonds. The summed E-state index contributed by atoms with van der Waals surface area (Å²) in [5.41, 5.74) is 1.02. The van der Waals surface area contributed by atoms with Crippen LogP contribution in [-0.4, -0.2) is 86.6 Å². The maximum atomic E-state index is 12.0. The molecule has 1 N–H and O–H groups in total. The Hall–Kier alpha value is -1.71. The lowest BCUT2D eigenvalue weighted by Gasteiger charge is -2.28. The van der Waals surface area contributed by atoms with Crippen molar-refractivity contribution in [3.8, 4) is 5.75 Å². The molecule has 0 radical (unpaired) electrons. The Morgan fingerprint density at radius 1 is 1.27 bits per heavy atom. The average Bonchev–Trinajstić information content (AvgIpc) is 3.09. The average molecular weight is 424 g/mol. The number of hydrogen-bond donors (Lipinski definition) is 1. The highest BCUT2D eigenvalue weighted by Crippen LogP contribution is 2.22. The van der Waals surface area contributed by atoms with Gasteiger partial charge in [-0.05, 0) is 38.0 Å². The Morgan fingerprint density at radius 2 is 2.00 bits per heavy atom. The lowest BCUT2D eigenvalue weighted by Crippen LogP contribution is -2.42. The van der Waals surface area contributed by atoms with Crippen molar-refractivity contribution in [3.05, 3.63) is 29.8 Å². The van der Waals surface area contributed by atoms with Crippen LogP contribution in [0.15, 0.2) is 24.3 Å². The van der Waals surface area contributed by atoms with E-state index in [4.69, 9.17) is 23.7 Å². The first kappa shape index (κ1) is 23.0. The monoisotopic (exact) mass is 423 g/mol. The van der Waals surface area contributed by atoms with Crippen molar-refractivity contribution in [1.29, 1.82) is 0 Å². The molecule has 8 nitrogen and oxygen atoms in total. The molecule has 2 saturated heterocycles. The Bertz CT molecular complexity index is 658. The van der Waals surface area contributed by atoms with Gasteiger partial charge in [-0.3, -0.25) is 9.69 Å². The molecule has 0 saturated carbocycles. The van der Waals surface area contributed by atoms with Gasteiger partial charge in [-0.1, -0.05) is 12.1 Å². The molecule has 2 atom stereocenters. The van der Waals surface area contributed by atoms with Gasteiger partial charge in [0, 0.05) is 26.1 Å². The number of benzene rings is 1. The summed E-state index contributed by atoms with van der Waals surface area (Å²) in [5.74, 6) is -0.169. The first-order chi connectivity index (χ1) is 14.4. The summed E-state index contributed by atoms with van der Waals surface area (Å²) in [7, 11) is 0. The van der Waals surface area contributed by atoms with E-state index in [1.54, 1.807) is 0 Å². The molecule has 30 heavy (non-hydrogen) atoms. The summed E-state index contributed by atoms with van der Waals surface area (Å²) in [6, 6.07) is 7.56. The summed E-state index contributed by atoms with van der Waals surface area (Å²) in [4.78, 5) is 14.1. The number of esters is 1. The van der Waals surface area contributed by atoms with Crippen LogP contribution >= 0.6 is 0 Å². The summed E-state index contributed by atoms with van der Waals surface area (Å²) >= 11 is 0. The zero-order valence-corrected chi connectivity index (χ0v) is 17.9. The molecule has 0 aromatic heterocycles. The van der Waals surface area contributed by atoms with Crippen LogP contribution in [0, 0.1) is 0 Å². The highest BCUT2D eigenvalue weighted by molar-refractivity contribution is 5.69. The van der Waals surface area contributed by atoms with Crippen molar-refractivity contribution >= 4 is 5.97 Å². The van der Waals surface area contributed by atoms with Crippen molar-refractivity contribution in [1.82, 2.24) is 4.90 Å². The van der Waals surface area contributed by atoms with Gasteiger partial charge in [0.25, 0.3) is 0 Å². The normalized spacial score (nSPS) is 22.6. The van der Waals surface area contributed by atoms with Crippen molar-refractivity contribution < 1.29 is 33.6 Å². The second kappa shape index (κ2) is 11.1. The molecule has 8 heteroatoms. The van der Waals surface area contributed by atoms with E-state index in [0.717, 1.165) is 18.7 Å². The third kappa shape index (κ3) is 7.85. The first-order valence-corrected chi connectivity index (χ1v) is 10.6. The number of morpholine rings is 1. The van der Waals surface area contributed by atoms with Gasteiger partial charge >= 0.3 is 5.97 Å². The van der Waals surface area contributed by atoms with Gasteiger partial charge in [0.05, 0.1) is 19.8 Å². The van der Waals surface area contributed by atoms with Crippen LogP contribution in [0.1, 0.15) is 25.8 Å². The molecule has 1 aromatic carbocycles. The number of carbonyl (C=O) groups excluding carboxylic acids is 1. The van der Waals surface area contributed by atoms with E-state index >= 15 is 0 Å². The van der Waals surface area contributed by atoms with E-state index < -0.39 is 11.9 Å². The maximum absolute atomic E-state index is 12.0. The second-order valence-corrected chi connectivity index (χ2v) is 8.16. The Balaban J connectivity index is 1.30. The minimum Gasteiger partial charge on any atom is -0.491 e. The number of carbonyl (C=O) groups is 1. The zero-order chi connectivity index (χ0) is 21.4. The predicted molar refractivity (Wildman–Crippen MR) is 109 cm³/mol. The van der Waals surface area contributed by atoms with Gasteiger partial charge in [-0.2, -0.15) is 0 Å². The summed E-state index contributed by atoms with van der Waals surface area (Å²) in [6.07, 6.45) is 0.137. The van der Waals surface area contributed by atoms with Crippen LogP contribution in [0.3, 0.4) is 0 Å². The van der Waals surface area contributed by atoms with Gasteiger partial charge in [0.15, 0.2) is 5.79 Å². The van der Waals surface area contributed by atoms with Crippen LogP contribution in [0.5, 0.6) is 5.75 Å². The third-order valence-electron chi connectivity index (χ3n) is 5.05. The predicted octanol–water partition coefficient (Wildman–Crippen LogP) is 1.39. The van der Waals surface area contributed by atoms with Crippen LogP contribution in [-0.2, 0) is 30.2 Å². The molecule has 3 rings (SSSR count). The number of nitrogens with zero attached hydrogens (tertiary/aromatic N) is 1. The Labute approximate surface area is 178 Å². The standard InChI is InChI=1S/C22H33NO7/c1-22(2)29-16-20(30-22)15-28-21(25)8-5-17-3-6-19(7-4-17)27-14-18(24)13-23-9-11-26-12-10-23/h3-4,6-7,18,20,24H,5,8-16H2,1-2H3/t18-,20+/m0/s1. The van der Waals surface area contributed by atoms with E-state index in [0.29, 0.717) is 45.0 Å². The summed E-state index contributed by atoms with van der Waals surface area (Å²) in [5, 5.41) is 10.1. The smallest absolute Gasteiger partial charge is 0.306 e. The molecule has 2 fully saturated rings. The van der Waals surface area contributed by atoms with Gasteiger partial charge in [-0.25, -0.2) is 0 Å². The Morgan fingerprint density at radius 3 is 2.67 bits per heavy atom. The zero-order valence-electron chi connectivity index (χ0n) is 17.9. The first-order valence-electron chi connectivity index (χ1n) is 10.6. The largest absolute Gasteiger partial charge is 0.491 e. The summed E-state index contributed by atoms with van der Waals surface area (Å²) in [6.45, 7) is 8.25. The molecule has 2 aliphatic rings. The fourth-order valence-corrected chi connectivity index (χ4v) is 3.43. The molecule has 0 spiro atoms. The molecular formula is C22H33NO7. The van der Waals surface area contributed by atoms with Gasteiger partial charge in [-0.15, -0.1) is 0 Å². The van der Waals surface area contributed by atoms with E-state index in [-0.39, 0.29) is 25.3 Å². The minimum absolute atomic E-state index is 0.209. The number of hydrogen-bond acceptors (Lipinski definition) is 8. The van der Waals surface area contributed by atoms with Crippen LogP contribution < -0.4 is 4.74 Å². The fraction of sp³-hybridized carbons (Fsp3) is 0.682. The number of aryl methyl sites for hydroxylation is 1. The van der Waals surface area contributed by atoms with E-state index in [9.17, 15) is 9.90 Å². The molecular weight excluding hydrogens is 390 g/mol. The Kier molecular flexibility index (Phi) is 8.47. The number of aliphatic hydroxyl groups is 1. The van der Waals surface area contributed by atoms with E-state index in [1.807, 2.05) is 38.1 Å². The lowest BCUT2D eigenvalue weighted by molar-refractivity contribution is -0.158. The molecule has 0 aliphatic carbocycles. The topological polar surface area (TPSA) is 86.7 Å². The fourth-order valence-electron chi connectivity index (χ4n) is 3.43. The molecule has 0 unspecified atom stereocenters. The number of rotatable bonds is 10. The van der Waals surface area contributed by atoms with E-state index in [2.05, 4.69) is 4.90 Å².